The maximum absolute atomic E-state index is 12.6. The Hall–Kier alpha value is -2.28. The summed E-state index contributed by atoms with van der Waals surface area (Å²) in [5, 5.41) is 7.93. The Morgan fingerprint density at radius 3 is 2.91 bits per heavy atom. The minimum absolute atomic E-state index is 0.0310. The Bertz CT molecular complexity index is 906. The molecule has 0 bridgehead atoms. The van der Waals surface area contributed by atoms with Crippen LogP contribution in [-0.2, 0) is 6.54 Å². The Labute approximate surface area is 137 Å². The Kier molecular flexibility index (Phi) is 4.38. The number of H-pyrrole nitrogens is 2. The van der Waals surface area contributed by atoms with Gasteiger partial charge in [0.25, 0.3) is 0 Å². The number of rotatable bonds is 6. The van der Waals surface area contributed by atoms with Gasteiger partial charge in [-0.05, 0) is 19.4 Å². The number of Topliss-reactive ketones (excluding diaryl/α,β-unsaturated/α-hetero) is 1. The van der Waals surface area contributed by atoms with Gasteiger partial charge in [0.1, 0.15) is 0 Å². The van der Waals surface area contributed by atoms with E-state index in [2.05, 4.69) is 15.2 Å². The number of fused-ring (bicyclic) bond motifs is 1. The highest BCUT2D eigenvalue weighted by molar-refractivity contribution is 7.99. The molecule has 3 rings (SSSR count). The number of hydrogen-bond acceptors (Lipinski definition) is 4. The van der Waals surface area contributed by atoms with Gasteiger partial charge in [0.2, 0.25) is 0 Å². The lowest BCUT2D eigenvalue weighted by Gasteiger charge is -2.04. The number of thioether (sulfide) groups is 1. The van der Waals surface area contributed by atoms with Crippen molar-refractivity contribution in [3.63, 3.8) is 0 Å². The van der Waals surface area contributed by atoms with Crippen molar-refractivity contribution in [2.24, 2.45) is 0 Å². The maximum atomic E-state index is 12.6. The molecule has 7 heteroatoms. The van der Waals surface area contributed by atoms with Crippen molar-refractivity contribution in [3.8, 4) is 0 Å². The van der Waals surface area contributed by atoms with Crippen molar-refractivity contribution in [2.45, 2.75) is 32.0 Å². The monoisotopic (exact) mass is 330 g/mol. The van der Waals surface area contributed by atoms with E-state index in [1.54, 1.807) is 4.57 Å². The van der Waals surface area contributed by atoms with Crippen LogP contribution in [0.4, 0.5) is 0 Å². The highest BCUT2D eigenvalue weighted by Crippen LogP contribution is 2.24. The van der Waals surface area contributed by atoms with Crippen LogP contribution in [0, 0.1) is 6.92 Å². The van der Waals surface area contributed by atoms with Gasteiger partial charge >= 0.3 is 5.69 Å². The maximum Gasteiger partial charge on any atom is 0.343 e. The molecule has 2 aromatic heterocycles. The third kappa shape index (κ3) is 2.96. The fourth-order valence-corrected chi connectivity index (χ4v) is 3.52. The largest absolute Gasteiger partial charge is 0.358 e. The predicted molar refractivity (Wildman–Crippen MR) is 91.2 cm³/mol. The van der Waals surface area contributed by atoms with Gasteiger partial charge in [-0.25, -0.2) is 9.89 Å². The number of aryl methyl sites for hydroxylation is 1. The molecule has 120 valence electrons. The van der Waals surface area contributed by atoms with Gasteiger partial charge in [0.05, 0.1) is 5.75 Å². The van der Waals surface area contributed by atoms with Crippen LogP contribution in [0.15, 0.2) is 34.2 Å². The lowest BCUT2D eigenvalue weighted by atomic mass is 10.1. The third-order valence-corrected chi connectivity index (χ3v) is 4.65. The van der Waals surface area contributed by atoms with Crippen molar-refractivity contribution in [3.05, 3.63) is 46.0 Å². The van der Waals surface area contributed by atoms with E-state index in [4.69, 9.17) is 0 Å². The third-order valence-electron chi connectivity index (χ3n) is 3.68. The smallest absolute Gasteiger partial charge is 0.343 e. The molecule has 0 spiro atoms. The molecule has 0 unspecified atom stereocenters. The first-order valence-electron chi connectivity index (χ1n) is 7.50. The molecule has 0 aliphatic rings. The lowest BCUT2D eigenvalue weighted by Crippen LogP contribution is -2.17. The lowest BCUT2D eigenvalue weighted by molar-refractivity contribution is 0.102. The van der Waals surface area contributed by atoms with Crippen LogP contribution in [-0.4, -0.2) is 31.3 Å². The number of aromatic nitrogens is 4. The average molecular weight is 330 g/mol. The molecule has 0 saturated heterocycles. The fraction of sp³-hybridized carbons (Fsp3) is 0.312. The zero-order chi connectivity index (χ0) is 16.4. The molecule has 0 aliphatic carbocycles. The number of nitrogens with one attached hydrogen (secondary N) is 2. The Morgan fingerprint density at radius 2 is 2.13 bits per heavy atom. The van der Waals surface area contributed by atoms with E-state index < -0.39 is 0 Å². The van der Waals surface area contributed by atoms with Crippen LogP contribution in [0.25, 0.3) is 10.9 Å². The Balaban J connectivity index is 1.82. The second-order valence-electron chi connectivity index (χ2n) is 5.35. The topological polar surface area (TPSA) is 83.5 Å². The number of ketones is 1. The first-order chi connectivity index (χ1) is 11.1. The molecule has 0 atom stereocenters. The summed E-state index contributed by atoms with van der Waals surface area (Å²) < 4.78 is 1.57. The minimum atomic E-state index is -0.231. The van der Waals surface area contributed by atoms with Crippen molar-refractivity contribution >= 4 is 28.4 Å². The molecule has 2 heterocycles. The van der Waals surface area contributed by atoms with E-state index in [1.165, 1.54) is 11.8 Å². The second kappa shape index (κ2) is 6.45. The highest BCUT2D eigenvalue weighted by Gasteiger charge is 2.17. The molecule has 0 fully saturated rings. The molecular weight excluding hydrogens is 312 g/mol. The summed E-state index contributed by atoms with van der Waals surface area (Å²) in [6.45, 7) is 4.49. The summed E-state index contributed by atoms with van der Waals surface area (Å²) in [6.07, 6.45) is 0.836. The summed E-state index contributed by atoms with van der Waals surface area (Å²) in [5.74, 6) is 0.278. The van der Waals surface area contributed by atoms with E-state index in [-0.39, 0.29) is 17.2 Å². The number of aromatic amines is 2. The van der Waals surface area contributed by atoms with Crippen molar-refractivity contribution in [1.82, 2.24) is 19.7 Å². The zero-order valence-corrected chi connectivity index (χ0v) is 13.9. The van der Waals surface area contributed by atoms with E-state index >= 15 is 0 Å². The minimum Gasteiger partial charge on any atom is -0.358 e. The molecule has 2 N–H and O–H groups in total. The molecule has 0 amide bonds. The van der Waals surface area contributed by atoms with Crippen LogP contribution < -0.4 is 5.69 Å². The zero-order valence-electron chi connectivity index (χ0n) is 13.0. The second-order valence-corrected chi connectivity index (χ2v) is 6.29. The van der Waals surface area contributed by atoms with Gasteiger partial charge in [0, 0.05) is 28.7 Å². The molecule has 1 aromatic carbocycles. The average Bonchev–Trinajstić information content (AvgIpc) is 3.05. The van der Waals surface area contributed by atoms with E-state index in [0.29, 0.717) is 17.3 Å². The van der Waals surface area contributed by atoms with Gasteiger partial charge in [-0.15, -0.1) is 5.10 Å². The van der Waals surface area contributed by atoms with Crippen LogP contribution in [0.1, 0.15) is 29.4 Å². The molecule has 3 aromatic rings. The Morgan fingerprint density at radius 1 is 1.35 bits per heavy atom. The molecular formula is C16H18N4O2S. The highest BCUT2D eigenvalue weighted by atomic mass is 32.2. The summed E-state index contributed by atoms with van der Waals surface area (Å²) in [4.78, 5) is 27.5. The van der Waals surface area contributed by atoms with E-state index in [9.17, 15) is 9.59 Å². The summed E-state index contributed by atoms with van der Waals surface area (Å²) in [6, 6.07) is 7.76. The van der Waals surface area contributed by atoms with Crippen molar-refractivity contribution in [2.75, 3.05) is 5.75 Å². The summed E-state index contributed by atoms with van der Waals surface area (Å²) in [5.41, 5.74) is 2.31. The van der Waals surface area contributed by atoms with Gasteiger partial charge < -0.3 is 4.98 Å². The molecule has 0 saturated carbocycles. The van der Waals surface area contributed by atoms with Crippen LogP contribution >= 0.6 is 11.8 Å². The first kappa shape index (κ1) is 15.6. The number of para-hydroxylation sites is 1. The normalized spacial score (nSPS) is 11.2. The van der Waals surface area contributed by atoms with Gasteiger partial charge in [-0.3, -0.25) is 9.36 Å². The van der Waals surface area contributed by atoms with E-state index in [0.717, 1.165) is 23.0 Å². The molecule has 6 nitrogen and oxygen atoms in total. The quantitative estimate of drug-likeness (QED) is 0.538. The van der Waals surface area contributed by atoms with Crippen molar-refractivity contribution in [1.29, 1.82) is 0 Å². The predicted octanol–water partition coefficient (Wildman–Crippen LogP) is 2.75. The number of carbonyl (C=O) groups excluding carboxylic acids is 1. The summed E-state index contributed by atoms with van der Waals surface area (Å²) in [7, 11) is 0. The van der Waals surface area contributed by atoms with Crippen LogP contribution in [0.5, 0.6) is 0 Å². The standard InChI is InChI=1S/C16H18N4O2S/c1-3-8-20-15(22)18-19-16(20)23-9-13(21)14-10(2)17-12-7-5-4-6-11(12)14/h4-7,17H,3,8-9H2,1-2H3,(H,18,22). The molecule has 23 heavy (non-hydrogen) atoms. The van der Waals surface area contributed by atoms with Gasteiger partial charge in [-0.1, -0.05) is 36.9 Å². The molecule has 0 aliphatic heterocycles. The fourth-order valence-electron chi connectivity index (χ4n) is 2.67. The van der Waals surface area contributed by atoms with Gasteiger partial charge in [-0.2, -0.15) is 0 Å². The van der Waals surface area contributed by atoms with Crippen LogP contribution in [0.2, 0.25) is 0 Å². The summed E-state index contributed by atoms with van der Waals surface area (Å²) >= 11 is 1.29. The molecule has 0 radical (unpaired) electrons. The van der Waals surface area contributed by atoms with E-state index in [1.807, 2.05) is 38.1 Å². The van der Waals surface area contributed by atoms with Crippen LogP contribution in [0.3, 0.4) is 0 Å². The number of carbonyl (C=O) groups is 1. The number of nitrogens with zero attached hydrogens (tertiary/aromatic N) is 2. The number of benzene rings is 1. The van der Waals surface area contributed by atoms with Crippen molar-refractivity contribution < 1.29 is 4.79 Å². The number of hydrogen-bond donors (Lipinski definition) is 2. The first-order valence-corrected chi connectivity index (χ1v) is 8.49. The van der Waals surface area contributed by atoms with Gasteiger partial charge in [0.15, 0.2) is 10.9 Å². The SMILES string of the molecule is CCCn1c(SCC(=O)c2c(C)[nH]c3ccccc23)n[nH]c1=O.